The third-order valence-electron chi connectivity index (χ3n) is 5.73. The van der Waals surface area contributed by atoms with Crippen molar-refractivity contribution in [2.24, 2.45) is 0 Å². The lowest BCUT2D eigenvalue weighted by atomic mass is 10.0. The molecule has 4 rings (SSSR count). The average molecular weight is 428 g/mol. The predicted molar refractivity (Wildman–Crippen MR) is 131 cm³/mol. The molecule has 32 heavy (non-hydrogen) atoms. The molecule has 0 fully saturated rings. The first-order valence-corrected chi connectivity index (χ1v) is 11.2. The maximum absolute atomic E-state index is 11.1. The fourth-order valence-electron chi connectivity index (χ4n) is 4.01. The van der Waals surface area contributed by atoms with Crippen LogP contribution in [0.1, 0.15) is 36.8 Å². The lowest BCUT2D eigenvalue weighted by Crippen LogP contribution is -1.97. The fraction of sp³-hybridized carbons (Fsp3) is 0.250. The van der Waals surface area contributed by atoms with Gasteiger partial charge in [-0.3, -0.25) is 0 Å². The van der Waals surface area contributed by atoms with Gasteiger partial charge in [0.25, 0.3) is 0 Å². The monoisotopic (exact) mass is 427 g/mol. The second-order valence-corrected chi connectivity index (χ2v) is 7.95. The fourth-order valence-corrected chi connectivity index (χ4v) is 4.01. The van der Waals surface area contributed by atoms with Crippen molar-refractivity contribution in [2.45, 2.75) is 32.1 Å². The summed E-state index contributed by atoms with van der Waals surface area (Å²) >= 11 is 0. The zero-order valence-electron chi connectivity index (χ0n) is 18.5. The summed E-state index contributed by atoms with van der Waals surface area (Å²) in [5, 5.41) is 2.62. The number of ether oxygens (including phenoxy) is 2. The van der Waals surface area contributed by atoms with Crippen molar-refractivity contribution in [3.8, 4) is 5.75 Å². The summed E-state index contributed by atoms with van der Waals surface area (Å²) in [4.78, 5) is 14.7. The van der Waals surface area contributed by atoms with Gasteiger partial charge in [0.05, 0.1) is 13.7 Å². The SMILES string of the molecule is COC(=O)C=Cc1ccc(OCCCCCCc2cccc3c2[nH]c2ccccc23)cc1. The Morgan fingerprint density at radius 2 is 1.66 bits per heavy atom. The molecule has 0 saturated heterocycles. The molecule has 0 aliphatic rings. The molecule has 0 saturated carbocycles. The minimum absolute atomic E-state index is 0.358. The summed E-state index contributed by atoms with van der Waals surface area (Å²) in [5.41, 5.74) is 4.82. The number of aromatic amines is 1. The van der Waals surface area contributed by atoms with Gasteiger partial charge < -0.3 is 14.5 Å². The first-order valence-electron chi connectivity index (χ1n) is 11.2. The zero-order valence-corrected chi connectivity index (χ0v) is 18.5. The molecule has 0 bridgehead atoms. The van der Waals surface area contributed by atoms with Gasteiger partial charge in [0.1, 0.15) is 5.75 Å². The summed E-state index contributed by atoms with van der Waals surface area (Å²) in [7, 11) is 1.37. The van der Waals surface area contributed by atoms with E-state index < -0.39 is 0 Å². The van der Waals surface area contributed by atoms with Crippen molar-refractivity contribution < 1.29 is 14.3 Å². The highest BCUT2D eigenvalue weighted by atomic mass is 16.5. The standard InChI is InChI=1S/C28H29NO3/c1-31-27(30)19-16-21-14-17-23(18-15-21)32-20-7-3-2-4-9-22-10-8-12-25-24-11-5-6-13-26(24)29-28(22)25/h5-6,8,10-19,29H,2-4,7,9,20H2,1H3. The zero-order chi connectivity index (χ0) is 22.2. The van der Waals surface area contributed by atoms with E-state index in [9.17, 15) is 4.79 Å². The number of para-hydroxylation sites is 2. The third-order valence-corrected chi connectivity index (χ3v) is 5.73. The van der Waals surface area contributed by atoms with Crippen molar-refractivity contribution in [3.63, 3.8) is 0 Å². The predicted octanol–water partition coefficient (Wildman–Crippen LogP) is 6.69. The highest BCUT2D eigenvalue weighted by Crippen LogP contribution is 2.28. The van der Waals surface area contributed by atoms with Gasteiger partial charge in [0.2, 0.25) is 0 Å². The number of carbonyl (C=O) groups is 1. The van der Waals surface area contributed by atoms with Gasteiger partial charge in [-0.15, -0.1) is 0 Å². The van der Waals surface area contributed by atoms with E-state index >= 15 is 0 Å². The van der Waals surface area contributed by atoms with Crippen LogP contribution in [0.3, 0.4) is 0 Å². The minimum Gasteiger partial charge on any atom is -0.494 e. The van der Waals surface area contributed by atoms with Crippen LogP contribution in [0.5, 0.6) is 5.75 Å². The number of carbonyl (C=O) groups excluding carboxylic acids is 1. The molecule has 4 aromatic rings. The summed E-state index contributed by atoms with van der Waals surface area (Å²) < 4.78 is 10.4. The highest BCUT2D eigenvalue weighted by Gasteiger charge is 2.07. The van der Waals surface area contributed by atoms with E-state index in [2.05, 4.69) is 52.2 Å². The van der Waals surface area contributed by atoms with Gasteiger partial charge in [0, 0.05) is 27.9 Å². The van der Waals surface area contributed by atoms with Crippen LogP contribution in [-0.4, -0.2) is 24.7 Å². The maximum Gasteiger partial charge on any atom is 0.330 e. The number of hydrogen-bond donors (Lipinski definition) is 1. The first-order chi connectivity index (χ1) is 15.7. The van der Waals surface area contributed by atoms with Crippen LogP contribution in [0.2, 0.25) is 0 Å². The summed E-state index contributed by atoms with van der Waals surface area (Å²) in [5.74, 6) is 0.494. The Balaban J connectivity index is 1.18. The summed E-state index contributed by atoms with van der Waals surface area (Å²) in [6.45, 7) is 0.717. The van der Waals surface area contributed by atoms with Crippen LogP contribution in [0.15, 0.2) is 72.8 Å². The molecule has 0 amide bonds. The number of aromatic nitrogens is 1. The molecule has 0 aliphatic carbocycles. The smallest absolute Gasteiger partial charge is 0.330 e. The Labute approximate surface area is 188 Å². The average Bonchev–Trinajstić information content (AvgIpc) is 3.22. The molecule has 0 aliphatic heterocycles. The van der Waals surface area contributed by atoms with Gasteiger partial charge in [-0.1, -0.05) is 61.4 Å². The van der Waals surface area contributed by atoms with E-state index in [0.717, 1.165) is 37.2 Å². The number of nitrogens with one attached hydrogen (secondary N) is 1. The van der Waals surface area contributed by atoms with Crippen LogP contribution in [-0.2, 0) is 16.0 Å². The normalized spacial score (nSPS) is 11.4. The molecular formula is C28H29NO3. The molecule has 1 heterocycles. The second-order valence-electron chi connectivity index (χ2n) is 7.95. The van der Waals surface area contributed by atoms with Gasteiger partial charge in [0.15, 0.2) is 0 Å². The number of unbranched alkanes of at least 4 members (excludes halogenated alkanes) is 3. The highest BCUT2D eigenvalue weighted by molar-refractivity contribution is 6.08. The molecule has 0 spiro atoms. The van der Waals surface area contributed by atoms with E-state index in [4.69, 9.17) is 4.74 Å². The van der Waals surface area contributed by atoms with Crippen LogP contribution in [0, 0.1) is 0 Å². The van der Waals surface area contributed by atoms with Crippen molar-refractivity contribution in [1.29, 1.82) is 0 Å². The maximum atomic E-state index is 11.1. The van der Waals surface area contributed by atoms with E-state index in [1.54, 1.807) is 6.08 Å². The molecule has 164 valence electrons. The van der Waals surface area contributed by atoms with Gasteiger partial charge >= 0.3 is 5.97 Å². The Bertz CT molecular complexity index is 1200. The topological polar surface area (TPSA) is 51.3 Å². The molecule has 1 N–H and O–H groups in total. The Hall–Kier alpha value is -3.53. The van der Waals surface area contributed by atoms with Crippen LogP contribution in [0.4, 0.5) is 0 Å². The van der Waals surface area contributed by atoms with Crippen molar-refractivity contribution >= 4 is 33.9 Å². The number of H-pyrrole nitrogens is 1. The number of aryl methyl sites for hydroxylation is 1. The van der Waals surface area contributed by atoms with Crippen LogP contribution in [0.25, 0.3) is 27.9 Å². The molecule has 0 atom stereocenters. The number of fused-ring (bicyclic) bond motifs is 3. The molecule has 4 heteroatoms. The van der Waals surface area contributed by atoms with Crippen molar-refractivity contribution in [3.05, 3.63) is 83.9 Å². The second kappa shape index (κ2) is 10.7. The quantitative estimate of drug-likeness (QED) is 0.174. The number of hydrogen-bond acceptors (Lipinski definition) is 3. The van der Waals surface area contributed by atoms with Crippen molar-refractivity contribution in [1.82, 2.24) is 4.98 Å². The van der Waals surface area contributed by atoms with E-state index in [0.29, 0.717) is 0 Å². The Morgan fingerprint density at radius 1 is 0.875 bits per heavy atom. The van der Waals surface area contributed by atoms with E-state index in [1.165, 1.54) is 53.4 Å². The Morgan fingerprint density at radius 3 is 2.50 bits per heavy atom. The van der Waals surface area contributed by atoms with Crippen LogP contribution >= 0.6 is 0 Å². The molecule has 0 unspecified atom stereocenters. The molecule has 4 nitrogen and oxygen atoms in total. The molecular weight excluding hydrogens is 398 g/mol. The van der Waals surface area contributed by atoms with Gasteiger partial charge in [-0.05, 0) is 54.7 Å². The van der Waals surface area contributed by atoms with E-state index in [-0.39, 0.29) is 5.97 Å². The molecule has 0 radical (unpaired) electrons. The largest absolute Gasteiger partial charge is 0.494 e. The van der Waals surface area contributed by atoms with E-state index in [1.807, 2.05) is 24.3 Å². The molecule has 1 aromatic heterocycles. The number of esters is 1. The van der Waals surface area contributed by atoms with Crippen molar-refractivity contribution in [2.75, 3.05) is 13.7 Å². The van der Waals surface area contributed by atoms with Gasteiger partial charge in [-0.25, -0.2) is 4.79 Å². The number of methoxy groups -OCH3 is 1. The number of rotatable bonds is 10. The summed E-state index contributed by atoms with van der Waals surface area (Å²) in [6, 6.07) is 22.8. The minimum atomic E-state index is -0.358. The third kappa shape index (κ3) is 5.38. The lowest BCUT2D eigenvalue weighted by molar-refractivity contribution is -0.134. The van der Waals surface area contributed by atoms with Gasteiger partial charge in [-0.2, -0.15) is 0 Å². The number of benzene rings is 3. The Kier molecular flexibility index (Phi) is 7.23. The molecule has 3 aromatic carbocycles. The van der Waals surface area contributed by atoms with Crippen LogP contribution < -0.4 is 4.74 Å². The lowest BCUT2D eigenvalue weighted by Gasteiger charge is -2.07. The summed E-state index contributed by atoms with van der Waals surface area (Å²) in [6.07, 6.45) is 8.79. The first kappa shape index (κ1) is 21.7.